The molecule has 0 unspecified atom stereocenters. The van der Waals surface area contributed by atoms with Gasteiger partial charge >= 0.3 is 6.18 Å². The first-order valence-corrected chi connectivity index (χ1v) is 5.36. The van der Waals surface area contributed by atoms with Gasteiger partial charge in [-0.25, -0.2) is 0 Å². The first-order valence-electron chi connectivity index (χ1n) is 4.95. The third kappa shape index (κ3) is 2.53. The summed E-state index contributed by atoms with van der Waals surface area (Å²) < 4.78 is 42.4. The summed E-state index contributed by atoms with van der Waals surface area (Å²) in [4.78, 5) is 0.105. The summed E-state index contributed by atoms with van der Waals surface area (Å²) in [7, 11) is 0. The van der Waals surface area contributed by atoms with Crippen LogP contribution in [0, 0.1) is 0 Å². The van der Waals surface area contributed by atoms with Crippen LogP contribution in [0.3, 0.4) is 0 Å². The number of alkyl halides is 3. The van der Waals surface area contributed by atoms with Crippen molar-refractivity contribution in [1.29, 1.82) is 0 Å². The minimum atomic E-state index is -4.34. The van der Waals surface area contributed by atoms with E-state index in [9.17, 15) is 13.2 Å². The molecule has 2 N–H and O–H groups in total. The molecule has 0 amide bonds. The number of nitrogens with two attached hydrogens (primary N) is 1. The summed E-state index contributed by atoms with van der Waals surface area (Å²) in [6.07, 6.45) is -4.34. The average molecular weight is 271 g/mol. The summed E-state index contributed by atoms with van der Waals surface area (Å²) in [6, 6.07) is 7.86. The Kier molecular flexibility index (Phi) is 3.13. The number of benzene rings is 1. The lowest BCUT2D eigenvalue weighted by Crippen LogP contribution is -2.07. The SMILES string of the molecule is NC(=S)c1ccc(-c2ccc(C(F)(F)F)cc2)o1. The van der Waals surface area contributed by atoms with Crippen molar-refractivity contribution >= 4 is 17.2 Å². The highest BCUT2D eigenvalue weighted by Gasteiger charge is 2.30. The molecule has 0 bridgehead atoms. The number of hydrogen-bond donors (Lipinski definition) is 1. The second-order valence-electron chi connectivity index (χ2n) is 3.60. The van der Waals surface area contributed by atoms with Gasteiger partial charge < -0.3 is 10.2 Å². The third-order valence-corrected chi connectivity index (χ3v) is 2.55. The van der Waals surface area contributed by atoms with Gasteiger partial charge in [-0.05, 0) is 24.3 Å². The Balaban J connectivity index is 2.31. The quantitative estimate of drug-likeness (QED) is 0.848. The Labute approximate surface area is 106 Å². The molecule has 0 fully saturated rings. The summed E-state index contributed by atoms with van der Waals surface area (Å²) in [6.45, 7) is 0. The minimum Gasteiger partial charge on any atom is -0.454 e. The van der Waals surface area contributed by atoms with Crippen molar-refractivity contribution in [2.75, 3.05) is 0 Å². The van der Waals surface area contributed by atoms with E-state index in [0.717, 1.165) is 12.1 Å². The first-order chi connectivity index (χ1) is 8.38. The fourth-order valence-corrected chi connectivity index (χ4v) is 1.56. The van der Waals surface area contributed by atoms with Gasteiger partial charge in [-0.2, -0.15) is 13.2 Å². The molecule has 1 aromatic heterocycles. The van der Waals surface area contributed by atoms with E-state index in [1.165, 1.54) is 12.1 Å². The smallest absolute Gasteiger partial charge is 0.416 e. The van der Waals surface area contributed by atoms with Crippen LogP contribution in [0.2, 0.25) is 0 Å². The Morgan fingerprint density at radius 1 is 1.06 bits per heavy atom. The van der Waals surface area contributed by atoms with Crippen LogP contribution < -0.4 is 5.73 Å². The zero-order valence-corrected chi connectivity index (χ0v) is 9.81. The molecule has 0 saturated heterocycles. The molecule has 18 heavy (non-hydrogen) atoms. The van der Waals surface area contributed by atoms with Crippen LogP contribution in [-0.4, -0.2) is 4.99 Å². The van der Waals surface area contributed by atoms with Gasteiger partial charge in [0.2, 0.25) is 0 Å². The Hall–Kier alpha value is -1.82. The average Bonchev–Trinajstić information content (AvgIpc) is 2.77. The van der Waals surface area contributed by atoms with E-state index in [4.69, 9.17) is 22.4 Å². The van der Waals surface area contributed by atoms with Crippen molar-refractivity contribution in [2.24, 2.45) is 5.73 Å². The van der Waals surface area contributed by atoms with E-state index in [1.54, 1.807) is 12.1 Å². The molecule has 1 heterocycles. The lowest BCUT2D eigenvalue weighted by molar-refractivity contribution is -0.137. The fourth-order valence-electron chi connectivity index (χ4n) is 1.45. The molecule has 0 aliphatic rings. The van der Waals surface area contributed by atoms with Crippen LogP contribution in [0.1, 0.15) is 11.3 Å². The molecule has 0 aliphatic carbocycles. The van der Waals surface area contributed by atoms with Crippen LogP contribution >= 0.6 is 12.2 Å². The zero-order valence-electron chi connectivity index (χ0n) is 8.99. The van der Waals surface area contributed by atoms with Crippen LogP contribution in [0.15, 0.2) is 40.8 Å². The van der Waals surface area contributed by atoms with E-state index in [0.29, 0.717) is 17.1 Å². The molecule has 2 rings (SSSR count). The maximum Gasteiger partial charge on any atom is 0.416 e. The van der Waals surface area contributed by atoms with Gasteiger partial charge in [0, 0.05) is 5.56 Å². The van der Waals surface area contributed by atoms with E-state index in [2.05, 4.69) is 0 Å². The molecule has 94 valence electrons. The van der Waals surface area contributed by atoms with Gasteiger partial charge in [0.25, 0.3) is 0 Å². The molecular formula is C12H8F3NOS. The summed E-state index contributed by atoms with van der Waals surface area (Å²) in [5.41, 5.74) is 5.21. The fraction of sp³-hybridized carbons (Fsp3) is 0.0833. The summed E-state index contributed by atoms with van der Waals surface area (Å²) >= 11 is 4.73. The van der Waals surface area contributed by atoms with Gasteiger partial charge in [-0.3, -0.25) is 0 Å². The standard InChI is InChI=1S/C12H8F3NOS/c13-12(14,15)8-3-1-7(2-4-8)9-5-6-10(17-9)11(16)18/h1-6H,(H2,16,18). The highest BCUT2D eigenvalue weighted by Crippen LogP contribution is 2.31. The van der Waals surface area contributed by atoms with E-state index < -0.39 is 11.7 Å². The molecule has 0 atom stereocenters. The van der Waals surface area contributed by atoms with Crippen molar-refractivity contribution in [1.82, 2.24) is 0 Å². The molecule has 0 aliphatic heterocycles. The monoisotopic (exact) mass is 271 g/mol. The topological polar surface area (TPSA) is 39.2 Å². The highest BCUT2D eigenvalue weighted by molar-refractivity contribution is 7.80. The van der Waals surface area contributed by atoms with E-state index >= 15 is 0 Å². The van der Waals surface area contributed by atoms with Crippen molar-refractivity contribution in [3.63, 3.8) is 0 Å². The number of furan rings is 1. The molecule has 1 aromatic carbocycles. The van der Waals surface area contributed by atoms with Crippen molar-refractivity contribution in [3.8, 4) is 11.3 Å². The van der Waals surface area contributed by atoms with Crippen LogP contribution in [-0.2, 0) is 6.18 Å². The number of thiocarbonyl (C=S) groups is 1. The molecular weight excluding hydrogens is 263 g/mol. The molecule has 0 saturated carbocycles. The van der Waals surface area contributed by atoms with Gasteiger partial charge in [-0.15, -0.1) is 0 Å². The summed E-state index contributed by atoms with van der Waals surface area (Å²) in [5, 5.41) is 0. The number of halogens is 3. The van der Waals surface area contributed by atoms with Crippen molar-refractivity contribution < 1.29 is 17.6 Å². The van der Waals surface area contributed by atoms with Crippen LogP contribution in [0.5, 0.6) is 0 Å². The lowest BCUT2D eigenvalue weighted by atomic mass is 10.1. The first kappa shape index (κ1) is 12.6. The Bertz CT molecular complexity index is 572. The van der Waals surface area contributed by atoms with Crippen molar-refractivity contribution in [2.45, 2.75) is 6.18 Å². The maximum absolute atomic E-state index is 12.4. The van der Waals surface area contributed by atoms with Gasteiger partial charge in [0.05, 0.1) is 5.56 Å². The normalized spacial score (nSPS) is 11.5. The van der Waals surface area contributed by atoms with Gasteiger partial charge in [0.1, 0.15) is 10.7 Å². The third-order valence-electron chi connectivity index (χ3n) is 2.35. The van der Waals surface area contributed by atoms with Crippen LogP contribution in [0.4, 0.5) is 13.2 Å². The van der Waals surface area contributed by atoms with Gasteiger partial charge in [0.15, 0.2) is 5.76 Å². The Morgan fingerprint density at radius 2 is 1.67 bits per heavy atom. The minimum absolute atomic E-state index is 0.105. The molecule has 2 aromatic rings. The highest BCUT2D eigenvalue weighted by atomic mass is 32.1. The zero-order chi connectivity index (χ0) is 13.3. The lowest BCUT2D eigenvalue weighted by Gasteiger charge is -2.06. The van der Waals surface area contributed by atoms with E-state index in [-0.39, 0.29) is 4.99 Å². The molecule has 2 nitrogen and oxygen atoms in total. The number of hydrogen-bond acceptors (Lipinski definition) is 2. The molecule has 0 radical (unpaired) electrons. The van der Waals surface area contributed by atoms with Crippen molar-refractivity contribution in [3.05, 3.63) is 47.7 Å². The maximum atomic E-state index is 12.4. The predicted molar refractivity (Wildman–Crippen MR) is 65.0 cm³/mol. The number of rotatable bonds is 2. The summed E-state index contributed by atoms with van der Waals surface area (Å²) in [5.74, 6) is 0.756. The van der Waals surface area contributed by atoms with Crippen LogP contribution in [0.25, 0.3) is 11.3 Å². The predicted octanol–water partition coefficient (Wildman–Crippen LogP) is 3.60. The largest absolute Gasteiger partial charge is 0.454 e. The molecule has 6 heteroatoms. The Morgan fingerprint density at radius 3 is 2.11 bits per heavy atom. The van der Waals surface area contributed by atoms with E-state index in [1.807, 2.05) is 0 Å². The molecule has 0 spiro atoms. The second kappa shape index (κ2) is 4.45. The van der Waals surface area contributed by atoms with Gasteiger partial charge in [-0.1, -0.05) is 24.4 Å². The second-order valence-corrected chi connectivity index (χ2v) is 4.04.